The number of hydrogen-bond acceptors (Lipinski definition) is 2. The maximum atomic E-state index is 12.0. The van der Waals surface area contributed by atoms with Crippen LogP contribution in [0, 0.1) is 0 Å². The number of carbonyl (C=O) groups excluding carboxylic acids is 1. The zero-order chi connectivity index (χ0) is 13.8. The molecule has 2 aromatic rings. The second kappa shape index (κ2) is 5.76. The predicted octanol–water partition coefficient (Wildman–Crippen LogP) is 3.74. The molecular weight excluding hydrogens is 260 g/mol. The minimum absolute atomic E-state index is 0.224. The smallest absolute Gasteiger partial charge is 0.255 e. The molecule has 2 aromatic carbocycles. The number of anilines is 2. The first-order valence-electron chi connectivity index (χ1n) is 6.05. The van der Waals surface area contributed by atoms with E-state index in [2.05, 4.69) is 12.2 Å². The first-order valence-corrected chi connectivity index (χ1v) is 6.42. The van der Waals surface area contributed by atoms with Gasteiger partial charge in [-0.05, 0) is 42.3 Å². The van der Waals surface area contributed by atoms with Crippen LogP contribution in [0.2, 0.25) is 5.02 Å². The summed E-state index contributed by atoms with van der Waals surface area (Å²) in [6, 6.07) is 12.5. The van der Waals surface area contributed by atoms with E-state index in [0.717, 1.165) is 12.1 Å². The lowest BCUT2D eigenvalue weighted by Crippen LogP contribution is -2.12. The van der Waals surface area contributed by atoms with E-state index >= 15 is 0 Å². The fourth-order valence-electron chi connectivity index (χ4n) is 1.77. The molecule has 0 aliphatic carbocycles. The van der Waals surface area contributed by atoms with Crippen molar-refractivity contribution in [2.75, 3.05) is 11.1 Å². The molecular formula is C15H15ClN2O. The molecule has 0 saturated heterocycles. The van der Waals surface area contributed by atoms with Gasteiger partial charge in [0.2, 0.25) is 0 Å². The van der Waals surface area contributed by atoms with Gasteiger partial charge in [0.05, 0.1) is 0 Å². The van der Waals surface area contributed by atoms with Crippen molar-refractivity contribution in [3.63, 3.8) is 0 Å². The zero-order valence-electron chi connectivity index (χ0n) is 10.6. The Bertz CT molecular complexity index is 573. The van der Waals surface area contributed by atoms with Crippen LogP contribution < -0.4 is 11.1 Å². The van der Waals surface area contributed by atoms with Crippen molar-refractivity contribution in [2.24, 2.45) is 0 Å². The first kappa shape index (κ1) is 13.4. The van der Waals surface area contributed by atoms with Crippen LogP contribution in [0.3, 0.4) is 0 Å². The fourth-order valence-corrected chi connectivity index (χ4v) is 2.01. The number of halogens is 1. The minimum atomic E-state index is -0.224. The van der Waals surface area contributed by atoms with Crippen LogP contribution in [0.1, 0.15) is 22.8 Å². The van der Waals surface area contributed by atoms with E-state index in [0.29, 0.717) is 16.3 Å². The molecule has 19 heavy (non-hydrogen) atoms. The van der Waals surface area contributed by atoms with Crippen molar-refractivity contribution in [1.29, 1.82) is 0 Å². The average Bonchev–Trinajstić information content (AvgIpc) is 2.38. The molecule has 0 atom stereocenters. The maximum absolute atomic E-state index is 12.0. The Kier molecular flexibility index (Phi) is 4.07. The van der Waals surface area contributed by atoms with E-state index in [1.54, 1.807) is 18.2 Å². The van der Waals surface area contributed by atoms with Gasteiger partial charge in [-0.25, -0.2) is 0 Å². The molecule has 0 fully saturated rings. The summed E-state index contributed by atoms with van der Waals surface area (Å²) in [5.74, 6) is -0.224. The molecule has 3 N–H and O–H groups in total. The van der Waals surface area contributed by atoms with Crippen molar-refractivity contribution in [3.05, 3.63) is 58.6 Å². The Hall–Kier alpha value is -2.00. The molecule has 0 bridgehead atoms. The molecule has 4 heteroatoms. The second-order valence-electron chi connectivity index (χ2n) is 4.28. The molecule has 0 saturated carbocycles. The lowest BCUT2D eigenvalue weighted by Gasteiger charge is -2.07. The summed E-state index contributed by atoms with van der Waals surface area (Å²) >= 11 is 5.88. The van der Waals surface area contributed by atoms with Crippen LogP contribution in [0.5, 0.6) is 0 Å². The zero-order valence-corrected chi connectivity index (χ0v) is 11.4. The molecule has 0 unspecified atom stereocenters. The summed E-state index contributed by atoms with van der Waals surface area (Å²) in [6.07, 6.45) is 0.971. The molecule has 0 aliphatic heterocycles. The van der Waals surface area contributed by atoms with E-state index in [1.165, 1.54) is 5.56 Å². The van der Waals surface area contributed by atoms with Crippen LogP contribution in [0.4, 0.5) is 11.4 Å². The monoisotopic (exact) mass is 274 g/mol. The first-order chi connectivity index (χ1) is 9.08. The summed E-state index contributed by atoms with van der Waals surface area (Å²) in [5.41, 5.74) is 8.56. The van der Waals surface area contributed by atoms with Gasteiger partial charge in [0.25, 0.3) is 5.91 Å². The van der Waals surface area contributed by atoms with E-state index < -0.39 is 0 Å². The summed E-state index contributed by atoms with van der Waals surface area (Å²) in [5, 5.41) is 3.26. The van der Waals surface area contributed by atoms with Gasteiger partial charge in [0.1, 0.15) is 0 Å². The fraction of sp³-hybridized carbons (Fsp3) is 0.133. The van der Waals surface area contributed by atoms with Gasteiger partial charge in [-0.3, -0.25) is 4.79 Å². The minimum Gasteiger partial charge on any atom is -0.399 e. The third-order valence-corrected chi connectivity index (χ3v) is 3.02. The van der Waals surface area contributed by atoms with Crippen molar-refractivity contribution < 1.29 is 4.79 Å². The van der Waals surface area contributed by atoms with Crippen LogP contribution in [0.15, 0.2) is 42.5 Å². The highest BCUT2D eigenvalue weighted by atomic mass is 35.5. The van der Waals surface area contributed by atoms with Crippen molar-refractivity contribution in [3.8, 4) is 0 Å². The van der Waals surface area contributed by atoms with Crippen LogP contribution in [0.25, 0.3) is 0 Å². The van der Waals surface area contributed by atoms with E-state index in [-0.39, 0.29) is 5.91 Å². The highest BCUT2D eigenvalue weighted by Gasteiger charge is 2.07. The molecule has 0 aliphatic rings. The number of carbonyl (C=O) groups is 1. The second-order valence-corrected chi connectivity index (χ2v) is 4.71. The number of amides is 1. The molecule has 0 heterocycles. The lowest BCUT2D eigenvalue weighted by molar-refractivity contribution is 0.102. The number of aryl methyl sites for hydroxylation is 1. The maximum Gasteiger partial charge on any atom is 0.255 e. The molecule has 98 valence electrons. The Morgan fingerprint density at radius 3 is 2.47 bits per heavy atom. The number of nitrogens with two attached hydrogens (primary N) is 1. The predicted molar refractivity (Wildman–Crippen MR) is 79.6 cm³/mol. The number of nitrogens with one attached hydrogen (secondary N) is 1. The summed E-state index contributed by atoms with van der Waals surface area (Å²) < 4.78 is 0. The summed E-state index contributed by atoms with van der Waals surface area (Å²) in [6.45, 7) is 2.09. The standard InChI is InChI=1S/C15H15ClN2O/c1-2-10-3-5-14(6-4-10)18-15(19)11-7-12(16)9-13(17)8-11/h3-9H,2,17H2,1H3,(H,18,19). The SMILES string of the molecule is CCc1ccc(NC(=O)c2cc(N)cc(Cl)c2)cc1. The van der Waals surface area contributed by atoms with Gasteiger partial charge in [-0.15, -0.1) is 0 Å². The molecule has 2 rings (SSSR count). The van der Waals surface area contributed by atoms with Crippen molar-refractivity contribution in [1.82, 2.24) is 0 Å². The Morgan fingerprint density at radius 1 is 1.21 bits per heavy atom. The number of hydrogen-bond donors (Lipinski definition) is 2. The van der Waals surface area contributed by atoms with E-state index in [4.69, 9.17) is 17.3 Å². The number of rotatable bonds is 3. The number of nitrogen functional groups attached to an aromatic ring is 1. The summed E-state index contributed by atoms with van der Waals surface area (Å²) in [4.78, 5) is 12.0. The Balaban J connectivity index is 2.15. The number of benzene rings is 2. The lowest BCUT2D eigenvalue weighted by atomic mass is 10.1. The molecule has 3 nitrogen and oxygen atoms in total. The molecule has 1 amide bonds. The van der Waals surface area contributed by atoms with Crippen molar-refractivity contribution in [2.45, 2.75) is 13.3 Å². The topological polar surface area (TPSA) is 55.1 Å². The largest absolute Gasteiger partial charge is 0.399 e. The highest BCUT2D eigenvalue weighted by Crippen LogP contribution is 2.18. The normalized spacial score (nSPS) is 10.2. The van der Waals surface area contributed by atoms with Gasteiger partial charge in [0.15, 0.2) is 0 Å². The van der Waals surface area contributed by atoms with Gasteiger partial charge >= 0.3 is 0 Å². The Morgan fingerprint density at radius 2 is 1.89 bits per heavy atom. The third-order valence-electron chi connectivity index (χ3n) is 2.80. The van der Waals surface area contributed by atoms with Gasteiger partial charge in [-0.2, -0.15) is 0 Å². The highest BCUT2D eigenvalue weighted by molar-refractivity contribution is 6.31. The van der Waals surface area contributed by atoms with Crippen molar-refractivity contribution >= 4 is 28.9 Å². The van der Waals surface area contributed by atoms with Crippen LogP contribution in [-0.4, -0.2) is 5.91 Å². The molecule has 0 aromatic heterocycles. The molecule has 0 radical (unpaired) electrons. The van der Waals surface area contributed by atoms with Gasteiger partial charge in [-0.1, -0.05) is 30.7 Å². The quantitative estimate of drug-likeness (QED) is 0.838. The van der Waals surface area contributed by atoms with Gasteiger partial charge < -0.3 is 11.1 Å². The average molecular weight is 275 g/mol. The van der Waals surface area contributed by atoms with Crippen LogP contribution >= 0.6 is 11.6 Å². The van der Waals surface area contributed by atoms with Gasteiger partial charge in [0, 0.05) is 22.0 Å². The summed E-state index contributed by atoms with van der Waals surface area (Å²) in [7, 11) is 0. The van der Waals surface area contributed by atoms with E-state index in [9.17, 15) is 4.79 Å². The van der Waals surface area contributed by atoms with E-state index in [1.807, 2.05) is 24.3 Å². The Labute approximate surface area is 117 Å². The molecule has 0 spiro atoms. The van der Waals surface area contributed by atoms with Crippen LogP contribution in [-0.2, 0) is 6.42 Å². The third kappa shape index (κ3) is 3.48.